The molecule has 0 aliphatic heterocycles. The van der Waals surface area contributed by atoms with Crippen LogP contribution in [-0.2, 0) is 0 Å². The Balaban J connectivity index is 2.60. The molecule has 17 heavy (non-hydrogen) atoms. The van der Waals surface area contributed by atoms with Gasteiger partial charge in [0.2, 0.25) is 0 Å². The summed E-state index contributed by atoms with van der Waals surface area (Å²) in [5, 5.41) is 20.7. The van der Waals surface area contributed by atoms with Gasteiger partial charge in [0.15, 0.2) is 0 Å². The number of nitrogen functional groups attached to an aromatic ring is 2. The van der Waals surface area contributed by atoms with Gasteiger partial charge in [-0.3, -0.25) is 0 Å². The largest absolute Gasteiger partial charge is 0.508 e. The van der Waals surface area contributed by atoms with Gasteiger partial charge >= 0.3 is 0 Å². The molecule has 0 bridgehead atoms. The Morgan fingerprint density at radius 3 is 1.59 bits per heavy atom. The first-order valence-electron chi connectivity index (χ1n) is 4.99. The van der Waals surface area contributed by atoms with Crippen LogP contribution in [0.2, 0.25) is 0 Å². The number of phenolic OH excluding ortho intramolecular Hbond substituents is 2. The van der Waals surface area contributed by atoms with Crippen LogP contribution in [0.3, 0.4) is 0 Å². The van der Waals surface area contributed by atoms with Gasteiger partial charge in [-0.15, -0.1) is 11.3 Å². The van der Waals surface area contributed by atoms with Crippen LogP contribution < -0.4 is 11.5 Å². The minimum Gasteiger partial charge on any atom is -0.508 e. The van der Waals surface area contributed by atoms with E-state index in [2.05, 4.69) is 0 Å². The minimum absolute atomic E-state index is 0.129. The van der Waals surface area contributed by atoms with Crippen molar-refractivity contribution in [2.45, 2.75) is 0 Å². The van der Waals surface area contributed by atoms with E-state index in [1.165, 1.54) is 23.5 Å². The average molecular weight is 246 g/mol. The van der Waals surface area contributed by atoms with Crippen molar-refractivity contribution in [1.82, 2.24) is 0 Å². The van der Waals surface area contributed by atoms with E-state index in [-0.39, 0.29) is 11.5 Å². The second-order valence-corrected chi connectivity index (χ2v) is 5.00. The zero-order chi connectivity index (χ0) is 12.2. The molecular formula is C12H10N2O2S. The monoisotopic (exact) mass is 246 g/mol. The summed E-state index contributed by atoms with van der Waals surface area (Å²) in [6, 6.07) is 6.29. The van der Waals surface area contributed by atoms with Crippen molar-refractivity contribution >= 4 is 42.9 Å². The van der Waals surface area contributed by atoms with Crippen molar-refractivity contribution in [3.63, 3.8) is 0 Å². The van der Waals surface area contributed by atoms with Crippen molar-refractivity contribution < 1.29 is 10.2 Å². The number of hydrogen-bond acceptors (Lipinski definition) is 5. The first kappa shape index (κ1) is 10.0. The highest BCUT2D eigenvalue weighted by Crippen LogP contribution is 2.43. The second kappa shape index (κ2) is 3.18. The predicted molar refractivity (Wildman–Crippen MR) is 71.5 cm³/mol. The summed E-state index contributed by atoms with van der Waals surface area (Å²) in [5.74, 6) is 0.258. The van der Waals surface area contributed by atoms with E-state index < -0.39 is 0 Å². The molecule has 0 fully saturated rings. The lowest BCUT2D eigenvalue weighted by atomic mass is 10.1. The third kappa shape index (κ3) is 1.36. The summed E-state index contributed by atoms with van der Waals surface area (Å²) >= 11 is 1.44. The van der Waals surface area contributed by atoms with Crippen molar-refractivity contribution in [2.24, 2.45) is 0 Å². The Kier molecular flexibility index (Phi) is 1.88. The highest BCUT2D eigenvalue weighted by atomic mass is 32.1. The molecule has 0 aliphatic carbocycles. The van der Waals surface area contributed by atoms with Crippen molar-refractivity contribution in [1.29, 1.82) is 0 Å². The summed E-state index contributed by atoms with van der Waals surface area (Å²) < 4.78 is 1.71. The Morgan fingerprint density at radius 2 is 1.18 bits per heavy atom. The highest BCUT2D eigenvalue weighted by molar-refractivity contribution is 7.26. The van der Waals surface area contributed by atoms with Gasteiger partial charge in [0, 0.05) is 43.7 Å². The predicted octanol–water partition coefficient (Wildman–Crippen LogP) is 2.63. The number of anilines is 2. The van der Waals surface area contributed by atoms with Gasteiger partial charge in [-0.2, -0.15) is 0 Å². The molecule has 0 aliphatic rings. The summed E-state index contributed by atoms with van der Waals surface area (Å²) in [4.78, 5) is 0. The molecule has 0 saturated carbocycles. The Hall–Kier alpha value is -2.14. The van der Waals surface area contributed by atoms with Crippen molar-refractivity contribution in [3.05, 3.63) is 24.3 Å². The number of rotatable bonds is 0. The smallest absolute Gasteiger partial charge is 0.119 e. The fourth-order valence-electron chi connectivity index (χ4n) is 2.06. The highest BCUT2D eigenvalue weighted by Gasteiger charge is 2.12. The standard InChI is InChI=1S/C12H10N2O2S/c13-7-1-5(15)3-9-11(7)12-8(14)2-6(16)4-10(12)17-9/h1-4,15-16H,13-14H2. The lowest BCUT2D eigenvalue weighted by Gasteiger charge is -2.02. The van der Waals surface area contributed by atoms with Gasteiger partial charge in [0.1, 0.15) is 11.5 Å². The Bertz CT molecular complexity index is 687. The molecule has 0 unspecified atom stereocenters. The summed E-state index contributed by atoms with van der Waals surface area (Å²) in [6.45, 7) is 0. The molecule has 5 heteroatoms. The number of benzene rings is 2. The molecular weight excluding hydrogens is 236 g/mol. The van der Waals surface area contributed by atoms with Crippen LogP contribution >= 0.6 is 11.3 Å². The molecule has 86 valence electrons. The quantitative estimate of drug-likeness (QED) is 0.459. The van der Waals surface area contributed by atoms with Crippen LogP contribution in [0.15, 0.2) is 24.3 Å². The van der Waals surface area contributed by atoms with Gasteiger partial charge in [-0.25, -0.2) is 0 Å². The molecule has 6 N–H and O–H groups in total. The molecule has 3 rings (SSSR count). The molecule has 0 spiro atoms. The maximum Gasteiger partial charge on any atom is 0.119 e. The second-order valence-electron chi connectivity index (χ2n) is 3.92. The third-order valence-electron chi connectivity index (χ3n) is 2.70. The summed E-state index contributed by atoms with van der Waals surface area (Å²) in [7, 11) is 0. The van der Waals surface area contributed by atoms with E-state index in [0.29, 0.717) is 11.4 Å². The number of phenols is 2. The van der Waals surface area contributed by atoms with E-state index in [1.807, 2.05) is 0 Å². The summed E-state index contributed by atoms with van der Waals surface area (Å²) in [5.41, 5.74) is 12.8. The molecule has 0 radical (unpaired) electrons. The zero-order valence-electron chi connectivity index (χ0n) is 8.77. The number of aromatic hydroxyl groups is 2. The third-order valence-corrected chi connectivity index (χ3v) is 3.79. The minimum atomic E-state index is 0.129. The maximum atomic E-state index is 9.51. The van der Waals surface area contributed by atoms with Gasteiger partial charge in [0.05, 0.1) is 0 Å². The molecule has 1 aromatic heterocycles. The van der Waals surface area contributed by atoms with Crippen LogP contribution in [0.5, 0.6) is 11.5 Å². The molecule has 0 saturated heterocycles. The Morgan fingerprint density at radius 1 is 0.765 bits per heavy atom. The van der Waals surface area contributed by atoms with E-state index in [0.717, 1.165) is 20.2 Å². The number of fused-ring (bicyclic) bond motifs is 3. The lowest BCUT2D eigenvalue weighted by Crippen LogP contribution is -1.88. The van der Waals surface area contributed by atoms with E-state index >= 15 is 0 Å². The fraction of sp³-hybridized carbons (Fsp3) is 0. The average Bonchev–Trinajstić information content (AvgIpc) is 2.55. The normalized spacial score (nSPS) is 11.3. The van der Waals surface area contributed by atoms with Crippen LogP contribution in [0, 0.1) is 0 Å². The van der Waals surface area contributed by atoms with Gasteiger partial charge in [-0.1, -0.05) is 0 Å². The SMILES string of the molecule is Nc1cc(O)cc2sc3cc(O)cc(N)c3c12. The zero-order valence-corrected chi connectivity index (χ0v) is 9.58. The first-order chi connectivity index (χ1) is 8.06. The molecule has 1 heterocycles. The molecule has 2 aromatic carbocycles. The number of nitrogens with two attached hydrogens (primary N) is 2. The van der Waals surface area contributed by atoms with Crippen LogP contribution in [0.25, 0.3) is 20.2 Å². The van der Waals surface area contributed by atoms with Crippen LogP contribution in [0.1, 0.15) is 0 Å². The lowest BCUT2D eigenvalue weighted by molar-refractivity contribution is 0.476. The fourth-order valence-corrected chi connectivity index (χ4v) is 3.30. The molecule has 0 atom stereocenters. The first-order valence-corrected chi connectivity index (χ1v) is 5.81. The van der Waals surface area contributed by atoms with E-state index in [4.69, 9.17) is 11.5 Å². The number of hydrogen-bond donors (Lipinski definition) is 4. The van der Waals surface area contributed by atoms with E-state index in [9.17, 15) is 10.2 Å². The van der Waals surface area contributed by atoms with Crippen LogP contribution in [-0.4, -0.2) is 10.2 Å². The van der Waals surface area contributed by atoms with E-state index in [1.54, 1.807) is 12.1 Å². The summed E-state index contributed by atoms with van der Waals surface area (Å²) in [6.07, 6.45) is 0. The molecule has 0 amide bonds. The maximum absolute atomic E-state index is 9.51. The van der Waals surface area contributed by atoms with Gasteiger partial charge < -0.3 is 21.7 Å². The van der Waals surface area contributed by atoms with Crippen molar-refractivity contribution in [3.8, 4) is 11.5 Å². The molecule has 3 aromatic rings. The van der Waals surface area contributed by atoms with Gasteiger partial charge in [-0.05, 0) is 12.1 Å². The number of thiophene rings is 1. The van der Waals surface area contributed by atoms with Gasteiger partial charge in [0.25, 0.3) is 0 Å². The van der Waals surface area contributed by atoms with Crippen LogP contribution in [0.4, 0.5) is 11.4 Å². The molecule has 4 nitrogen and oxygen atoms in total. The van der Waals surface area contributed by atoms with Crippen molar-refractivity contribution in [2.75, 3.05) is 11.5 Å². The topological polar surface area (TPSA) is 92.5 Å². The Labute approximate surface area is 101 Å².